The number of amides is 7. The van der Waals surface area contributed by atoms with E-state index in [0.717, 1.165) is 29.2 Å². The minimum Gasteiger partial charge on any atom is -0.356 e. The maximum Gasteiger partial charge on any atom is 0.243 e. The molecular formula is C39H53N9O7. The summed E-state index contributed by atoms with van der Waals surface area (Å²) in [6.07, 6.45) is 6.91. The summed E-state index contributed by atoms with van der Waals surface area (Å²) in [4.78, 5) is 100. The molecule has 4 rings (SSSR count). The van der Waals surface area contributed by atoms with Gasteiger partial charge in [0.15, 0.2) is 0 Å². The molecule has 2 heterocycles. The summed E-state index contributed by atoms with van der Waals surface area (Å²) in [6.45, 7) is 3.73. The lowest BCUT2D eigenvalue weighted by Crippen LogP contribution is -2.58. The second-order valence-corrected chi connectivity index (χ2v) is 13.7. The van der Waals surface area contributed by atoms with Crippen LogP contribution in [0, 0.1) is 0 Å². The van der Waals surface area contributed by atoms with Crippen LogP contribution in [0.4, 0.5) is 0 Å². The van der Waals surface area contributed by atoms with Gasteiger partial charge in [-0.1, -0.05) is 62.2 Å². The van der Waals surface area contributed by atoms with E-state index in [4.69, 9.17) is 0 Å². The Morgan fingerprint density at radius 1 is 0.764 bits per heavy atom. The van der Waals surface area contributed by atoms with Crippen LogP contribution in [0.1, 0.15) is 76.5 Å². The summed E-state index contributed by atoms with van der Waals surface area (Å²) in [5.41, 5.74) is 1.18. The number of imidazole rings is 1. The number of nitrogens with one attached hydrogen (secondary N) is 8. The van der Waals surface area contributed by atoms with Crippen molar-refractivity contribution in [1.29, 1.82) is 0 Å². The van der Waals surface area contributed by atoms with Crippen molar-refractivity contribution in [1.82, 2.24) is 47.2 Å². The molecule has 7 amide bonds. The normalized spacial score (nSPS) is 21.6. The molecule has 0 unspecified atom stereocenters. The van der Waals surface area contributed by atoms with Crippen LogP contribution in [0.25, 0.3) is 10.8 Å². The molecule has 1 fully saturated rings. The van der Waals surface area contributed by atoms with Gasteiger partial charge in [-0.05, 0) is 48.9 Å². The van der Waals surface area contributed by atoms with Crippen LogP contribution in [0.15, 0.2) is 55.0 Å². The van der Waals surface area contributed by atoms with Gasteiger partial charge in [0.1, 0.15) is 24.2 Å². The fourth-order valence-corrected chi connectivity index (χ4v) is 6.20. The van der Waals surface area contributed by atoms with Crippen molar-refractivity contribution < 1.29 is 33.6 Å². The smallest absolute Gasteiger partial charge is 0.243 e. The number of aromatic amines is 1. The number of nitrogens with zero attached hydrogens (tertiary/aromatic N) is 1. The van der Waals surface area contributed by atoms with Crippen molar-refractivity contribution in [2.45, 2.75) is 102 Å². The highest BCUT2D eigenvalue weighted by Crippen LogP contribution is 2.20. The number of unbranched alkanes of at least 4 members (excludes halogenated alkanes) is 2. The van der Waals surface area contributed by atoms with Crippen LogP contribution in [0.3, 0.4) is 0 Å². The molecule has 16 heteroatoms. The highest BCUT2D eigenvalue weighted by atomic mass is 16.2. The van der Waals surface area contributed by atoms with E-state index in [0.29, 0.717) is 44.5 Å². The van der Waals surface area contributed by atoms with Gasteiger partial charge in [-0.15, -0.1) is 0 Å². The average Bonchev–Trinajstić information content (AvgIpc) is 3.68. The van der Waals surface area contributed by atoms with Crippen LogP contribution in [-0.2, 0) is 46.4 Å². The third-order valence-corrected chi connectivity index (χ3v) is 9.26. The van der Waals surface area contributed by atoms with E-state index in [2.05, 4.69) is 47.2 Å². The van der Waals surface area contributed by atoms with Crippen molar-refractivity contribution in [2.75, 3.05) is 19.6 Å². The van der Waals surface area contributed by atoms with Gasteiger partial charge >= 0.3 is 0 Å². The molecular weight excluding hydrogens is 706 g/mol. The number of carbonyl (C=O) groups is 7. The van der Waals surface area contributed by atoms with Crippen LogP contribution >= 0.6 is 0 Å². The van der Waals surface area contributed by atoms with Crippen molar-refractivity contribution in [3.8, 4) is 0 Å². The molecule has 2 aromatic carbocycles. The molecule has 8 N–H and O–H groups in total. The molecule has 0 radical (unpaired) electrons. The first-order valence-corrected chi connectivity index (χ1v) is 19.0. The average molecular weight is 760 g/mol. The SMILES string of the molecule is CCCCCC(=O)N[C@H]1CC(=O)NCCCCCNC(=O)[C@H](C)NC(=O)CNC(=O)[C@@H](Cc2cccc3ccccc23)NC(=O)[C@H](Cc2c[nH]cn2)NC1=O. The zero-order chi connectivity index (χ0) is 39.6. The van der Waals surface area contributed by atoms with Crippen molar-refractivity contribution in [3.63, 3.8) is 0 Å². The first-order valence-electron chi connectivity index (χ1n) is 19.0. The summed E-state index contributed by atoms with van der Waals surface area (Å²) >= 11 is 0. The Labute approximate surface area is 320 Å². The van der Waals surface area contributed by atoms with Gasteiger partial charge in [-0.25, -0.2) is 4.98 Å². The van der Waals surface area contributed by atoms with Gasteiger partial charge < -0.3 is 42.2 Å². The number of carbonyl (C=O) groups excluding carboxylic acids is 7. The number of benzene rings is 2. The Bertz CT molecular complexity index is 1780. The Morgan fingerprint density at radius 2 is 1.49 bits per heavy atom. The van der Waals surface area contributed by atoms with Crippen LogP contribution in [0.2, 0.25) is 0 Å². The van der Waals surface area contributed by atoms with E-state index in [1.54, 1.807) is 6.20 Å². The molecule has 296 valence electrons. The first-order chi connectivity index (χ1) is 26.5. The second kappa shape index (κ2) is 21.8. The summed E-state index contributed by atoms with van der Waals surface area (Å²) in [5.74, 6) is -4.04. The van der Waals surface area contributed by atoms with E-state index in [9.17, 15) is 33.6 Å². The summed E-state index contributed by atoms with van der Waals surface area (Å²) in [7, 11) is 0. The molecule has 1 aliphatic rings. The minimum atomic E-state index is -1.30. The Balaban J connectivity index is 1.64. The predicted molar refractivity (Wildman–Crippen MR) is 205 cm³/mol. The molecule has 55 heavy (non-hydrogen) atoms. The van der Waals surface area contributed by atoms with E-state index >= 15 is 0 Å². The molecule has 3 aromatic rings. The molecule has 16 nitrogen and oxygen atoms in total. The maximum atomic E-state index is 14.2. The van der Waals surface area contributed by atoms with Crippen LogP contribution in [0.5, 0.6) is 0 Å². The largest absolute Gasteiger partial charge is 0.356 e. The second-order valence-electron chi connectivity index (χ2n) is 13.7. The third kappa shape index (κ3) is 13.8. The van der Waals surface area contributed by atoms with Gasteiger partial charge in [0.05, 0.1) is 25.0 Å². The standard InChI is InChI=1S/C39H53N9O7/c1-3-4-6-16-33(49)46-32-21-34(50)41-17-9-5-10-18-42-36(52)25(2)45-35(51)23-43-37(53)30(19-27-14-11-13-26-12-7-8-15-29(26)27)47-38(54)31(48-39(32)55)20-28-22-40-24-44-28/h7-8,11-15,22,24-25,30-32H,3-6,9-10,16-21,23H2,1-2H3,(H,40,44)(H,41,50)(H,42,52)(H,43,53)(H,45,51)(H,46,49)(H,47,54)(H,48,55)/t25-,30+,31-,32-/m0/s1. The zero-order valence-corrected chi connectivity index (χ0v) is 31.5. The van der Waals surface area contributed by atoms with Crippen molar-refractivity contribution in [3.05, 3.63) is 66.2 Å². The van der Waals surface area contributed by atoms with Gasteiger partial charge in [0.25, 0.3) is 0 Å². The van der Waals surface area contributed by atoms with Gasteiger partial charge in [0, 0.05) is 38.5 Å². The van der Waals surface area contributed by atoms with E-state index in [1.807, 2.05) is 49.4 Å². The summed E-state index contributed by atoms with van der Waals surface area (Å²) < 4.78 is 0. The number of fused-ring (bicyclic) bond motifs is 1. The Morgan fingerprint density at radius 3 is 2.25 bits per heavy atom. The van der Waals surface area contributed by atoms with Gasteiger partial charge in [-0.3, -0.25) is 33.6 Å². The molecule has 0 spiro atoms. The van der Waals surface area contributed by atoms with E-state index in [-0.39, 0.29) is 25.7 Å². The number of hydrogen-bond acceptors (Lipinski definition) is 8. The van der Waals surface area contributed by atoms with E-state index < -0.39 is 72.1 Å². The lowest BCUT2D eigenvalue weighted by Gasteiger charge is -2.25. The fraction of sp³-hybridized carbons (Fsp3) is 0.487. The molecule has 0 saturated carbocycles. The molecule has 1 aromatic heterocycles. The molecule has 1 saturated heterocycles. The van der Waals surface area contributed by atoms with Gasteiger partial charge in [0.2, 0.25) is 41.4 Å². The Hall–Kier alpha value is -5.80. The lowest BCUT2D eigenvalue weighted by atomic mass is 9.98. The summed E-state index contributed by atoms with van der Waals surface area (Å²) in [5, 5.41) is 20.6. The van der Waals surface area contributed by atoms with Crippen LogP contribution in [-0.4, -0.2) is 95.1 Å². The third-order valence-electron chi connectivity index (χ3n) is 9.26. The van der Waals surface area contributed by atoms with Crippen molar-refractivity contribution in [2.24, 2.45) is 0 Å². The fourth-order valence-electron chi connectivity index (χ4n) is 6.20. The molecule has 4 atom stereocenters. The monoisotopic (exact) mass is 759 g/mol. The van der Waals surface area contributed by atoms with E-state index in [1.165, 1.54) is 13.3 Å². The minimum absolute atomic E-state index is 0.0268. The van der Waals surface area contributed by atoms with Gasteiger partial charge in [-0.2, -0.15) is 0 Å². The maximum absolute atomic E-state index is 14.2. The number of H-pyrrole nitrogens is 1. The first kappa shape index (κ1) is 41.9. The summed E-state index contributed by atoms with van der Waals surface area (Å²) in [6, 6.07) is 8.50. The lowest BCUT2D eigenvalue weighted by molar-refractivity contribution is -0.135. The zero-order valence-electron chi connectivity index (χ0n) is 31.5. The quantitative estimate of drug-likeness (QED) is 0.145. The molecule has 0 bridgehead atoms. The number of rotatable bonds is 9. The van der Waals surface area contributed by atoms with Crippen molar-refractivity contribution >= 4 is 52.1 Å². The number of aromatic nitrogens is 2. The predicted octanol–water partition coefficient (Wildman–Crippen LogP) is 0.810. The van der Waals surface area contributed by atoms with Crippen LogP contribution < -0.4 is 37.2 Å². The molecule has 1 aliphatic heterocycles. The topological polar surface area (TPSA) is 232 Å². The molecule has 0 aliphatic carbocycles. The number of hydrogen-bond donors (Lipinski definition) is 8. The Kier molecular flexibility index (Phi) is 16.6. The highest BCUT2D eigenvalue weighted by molar-refractivity contribution is 5.97. The highest BCUT2D eigenvalue weighted by Gasteiger charge is 2.32.